The summed E-state index contributed by atoms with van der Waals surface area (Å²) in [6.45, 7) is 3.01. The van der Waals surface area contributed by atoms with Gasteiger partial charge in [-0.05, 0) is 31.2 Å². The van der Waals surface area contributed by atoms with Crippen LogP contribution in [0.5, 0.6) is 5.75 Å². The van der Waals surface area contributed by atoms with Crippen LogP contribution in [0.1, 0.15) is 29.0 Å². The summed E-state index contributed by atoms with van der Waals surface area (Å²) < 4.78 is 5.52. The van der Waals surface area contributed by atoms with Crippen molar-refractivity contribution in [1.29, 1.82) is 0 Å². The van der Waals surface area contributed by atoms with E-state index in [0.29, 0.717) is 18.9 Å². The molecule has 5 nitrogen and oxygen atoms in total. The summed E-state index contributed by atoms with van der Waals surface area (Å²) in [7, 11) is 0. The van der Waals surface area contributed by atoms with E-state index in [0.717, 1.165) is 5.69 Å². The molecule has 0 saturated heterocycles. The maximum Gasteiger partial charge on any atom is 0.339 e. The van der Waals surface area contributed by atoms with Gasteiger partial charge in [-0.3, -0.25) is 4.98 Å². The molecule has 5 heteroatoms. The minimum Gasteiger partial charge on any atom is -0.491 e. The summed E-state index contributed by atoms with van der Waals surface area (Å²) >= 11 is 0. The molecule has 21 heavy (non-hydrogen) atoms. The number of aromatic carboxylic acids is 1. The first kappa shape index (κ1) is 15.0. The molecule has 0 spiro atoms. The fraction of sp³-hybridized carbons (Fsp3) is 0.250. The molecule has 0 amide bonds. The van der Waals surface area contributed by atoms with Gasteiger partial charge in [-0.2, -0.15) is 0 Å². The van der Waals surface area contributed by atoms with Crippen molar-refractivity contribution in [1.82, 2.24) is 10.3 Å². The molecule has 0 saturated carbocycles. The maximum absolute atomic E-state index is 11.0. The zero-order valence-corrected chi connectivity index (χ0v) is 11.8. The Morgan fingerprint density at radius 1 is 1.29 bits per heavy atom. The Balaban J connectivity index is 1.81. The van der Waals surface area contributed by atoms with Crippen molar-refractivity contribution in [3.05, 3.63) is 59.9 Å². The van der Waals surface area contributed by atoms with E-state index in [1.807, 2.05) is 25.1 Å². The van der Waals surface area contributed by atoms with Crippen LogP contribution < -0.4 is 10.1 Å². The van der Waals surface area contributed by atoms with Crippen LogP contribution in [-0.2, 0) is 0 Å². The summed E-state index contributed by atoms with van der Waals surface area (Å²) in [6, 6.07) is 12.5. The number of rotatable bonds is 7. The van der Waals surface area contributed by atoms with Crippen LogP contribution in [0.4, 0.5) is 0 Å². The average molecular weight is 286 g/mol. The van der Waals surface area contributed by atoms with E-state index in [2.05, 4.69) is 10.3 Å². The van der Waals surface area contributed by atoms with Gasteiger partial charge in [0, 0.05) is 18.8 Å². The second kappa shape index (κ2) is 7.40. The quantitative estimate of drug-likeness (QED) is 0.765. The second-order valence-corrected chi connectivity index (χ2v) is 4.58. The van der Waals surface area contributed by atoms with Gasteiger partial charge in [0.2, 0.25) is 0 Å². The largest absolute Gasteiger partial charge is 0.491 e. The van der Waals surface area contributed by atoms with E-state index >= 15 is 0 Å². The molecule has 1 aromatic carbocycles. The van der Waals surface area contributed by atoms with Gasteiger partial charge >= 0.3 is 5.97 Å². The predicted molar refractivity (Wildman–Crippen MR) is 79.6 cm³/mol. The normalized spacial score (nSPS) is 11.9. The monoisotopic (exact) mass is 286 g/mol. The highest BCUT2D eigenvalue weighted by molar-refractivity contribution is 5.90. The first-order valence-electron chi connectivity index (χ1n) is 6.78. The number of carboxylic acid groups (broad SMARTS) is 1. The third-order valence-corrected chi connectivity index (χ3v) is 3.06. The average Bonchev–Trinajstić information content (AvgIpc) is 2.52. The third kappa shape index (κ3) is 4.29. The fourth-order valence-corrected chi connectivity index (χ4v) is 1.94. The number of hydrogen-bond donors (Lipinski definition) is 2. The highest BCUT2D eigenvalue weighted by Crippen LogP contribution is 2.17. The summed E-state index contributed by atoms with van der Waals surface area (Å²) in [4.78, 5) is 15.3. The van der Waals surface area contributed by atoms with Gasteiger partial charge < -0.3 is 15.2 Å². The Morgan fingerprint density at radius 2 is 2.05 bits per heavy atom. The second-order valence-electron chi connectivity index (χ2n) is 4.58. The molecule has 0 fully saturated rings. The number of para-hydroxylation sites is 1. The van der Waals surface area contributed by atoms with Crippen LogP contribution >= 0.6 is 0 Å². The molecular weight excluding hydrogens is 268 g/mol. The van der Waals surface area contributed by atoms with Crippen LogP contribution in [0.15, 0.2) is 48.7 Å². The zero-order chi connectivity index (χ0) is 15.1. The number of aromatic nitrogens is 1. The number of pyridine rings is 1. The Bertz CT molecular complexity index is 587. The molecule has 2 aromatic rings. The molecular formula is C16H18N2O3. The van der Waals surface area contributed by atoms with Crippen LogP contribution in [0.2, 0.25) is 0 Å². The van der Waals surface area contributed by atoms with Crippen molar-refractivity contribution in [2.45, 2.75) is 13.0 Å². The molecule has 110 valence electrons. The number of nitrogens with one attached hydrogen (secondary N) is 1. The van der Waals surface area contributed by atoms with Gasteiger partial charge in [0.05, 0.1) is 5.69 Å². The highest BCUT2D eigenvalue weighted by atomic mass is 16.5. The van der Waals surface area contributed by atoms with E-state index in [4.69, 9.17) is 9.84 Å². The van der Waals surface area contributed by atoms with Crippen LogP contribution in [0.25, 0.3) is 0 Å². The van der Waals surface area contributed by atoms with Gasteiger partial charge in [0.25, 0.3) is 0 Å². The molecule has 1 aromatic heterocycles. The van der Waals surface area contributed by atoms with Crippen molar-refractivity contribution in [2.24, 2.45) is 0 Å². The summed E-state index contributed by atoms with van der Waals surface area (Å²) in [5.41, 5.74) is 1.14. The van der Waals surface area contributed by atoms with E-state index < -0.39 is 5.97 Å². The van der Waals surface area contributed by atoms with Crippen molar-refractivity contribution in [3.8, 4) is 5.75 Å². The lowest BCUT2D eigenvalue weighted by molar-refractivity contribution is 0.0692. The fourth-order valence-electron chi connectivity index (χ4n) is 1.94. The summed E-state index contributed by atoms with van der Waals surface area (Å²) in [5.74, 6) is -0.599. The Kier molecular flexibility index (Phi) is 5.29. The smallest absolute Gasteiger partial charge is 0.339 e. The lowest BCUT2D eigenvalue weighted by Crippen LogP contribution is -2.25. The first-order chi connectivity index (χ1) is 10.2. The van der Waals surface area contributed by atoms with Crippen LogP contribution in [0.3, 0.4) is 0 Å². The molecule has 1 heterocycles. The molecule has 1 atom stereocenters. The van der Waals surface area contributed by atoms with Crippen molar-refractivity contribution < 1.29 is 14.6 Å². The molecule has 2 rings (SSSR count). The molecule has 0 bridgehead atoms. The van der Waals surface area contributed by atoms with Crippen molar-refractivity contribution >= 4 is 5.97 Å². The number of carboxylic acids is 1. The molecule has 1 unspecified atom stereocenters. The Labute approximate surface area is 123 Å². The number of benzene rings is 1. The predicted octanol–water partition coefficient (Wildman–Crippen LogP) is 2.51. The number of nitrogens with zero attached hydrogens (tertiary/aromatic N) is 1. The van der Waals surface area contributed by atoms with Gasteiger partial charge in [-0.15, -0.1) is 0 Å². The van der Waals surface area contributed by atoms with Crippen LogP contribution in [0, 0.1) is 0 Å². The molecule has 0 aliphatic heterocycles. The SMILES string of the molecule is CC(NCCOc1ccccc1C(=O)O)c1ccccn1. The van der Waals surface area contributed by atoms with Crippen LogP contribution in [-0.4, -0.2) is 29.2 Å². The van der Waals surface area contributed by atoms with Gasteiger partial charge in [-0.1, -0.05) is 18.2 Å². The molecule has 2 N–H and O–H groups in total. The van der Waals surface area contributed by atoms with Crippen molar-refractivity contribution in [3.63, 3.8) is 0 Å². The summed E-state index contributed by atoms with van der Waals surface area (Å²) in [5, 5.41) is 12.3. The molecule has 0 radical (unpaired) electrons. The molecule has 0 aliphatic rings. The molecule has 0 aliphatic carbocycles. The third-order valence-electron chi connectivity index (χ3n) is 3.06. The van der Waals surface area contributed by atoms with E-state index in [1.54, 1.807) is 24.4 Å². The minimum atomic E-state index is -0.986. The van der Waals surface area contributed by atoms with E-state index in [9.17, 15) is 4.79 Å². The zero-order valence-electron chi connectivity index (χ0n) is 11.8. The van der Waals surface area contributed by atoms with E-state index in [1.165, 1.54) is 6.07 Å². The maximum atomic E-state index is 11.0. The lowest BCUT2D eigenvalue weighted by atomic mass is 10.2. The topological polar surface area (TPSA) is 71.5 Å². The van der Waals surface area contributed by atoms with Gasteiger partial charge in [0.15, 0.2) is 0 Å². The minimum absolute atomic E-state index is 0.115. The number of hydrogen-bond acceptors (Lipinski definition) is 4. The van der Waals surface area contributed by atoms with Gasteiger partial charge in [0.1, 0.15) is 17.9 Å². The standard InChI is InChI=1S/C16H18N2O3/c1-12(14-7-4-5-9-18-14)17-10-11-21-15-8-3-2-6-13(15)16(19)20/h2-9,12,17H,10-11H2,1H3,(H,19,20). The van der Waals surface area contributed by atoms with Crippen molar-refractivity contribution in [2.75, 3.05) is 13.2 Å². The Morgan fingerprint density at radius 3 is 2.76 bits per heavy atom. The number of ether oxygens (including phenoxy) is 1. The summed E-state index contributed by atoms with van der Waals surface area (Å²) in [6.07, 6.45) is 1.76. The Hall–Kier alpha value is -2.40. The first-order valence-corrected chi connectivity index (χ1v) is 6.78. The van der Waals surface area contributed by atoms with Gasteiger partial charge in [-0.25, -0.2) is 4.79 Å². The number of carbonyl (C=O) groups is 1. The lowest BCUT2D eigenvalue weighted by Gasteiger charge is -2.14. The van der Waals surface area contributed by atoms with E-state index in [-0.39, 0.29) is 11.6 Å². The highest BCUT2D eigenvalue weighted by Gasteiger charge is 2.10.